The van der Waals surface area contributed by atoms with Crippen molar-refractivity contribution >= 4 is 0 Å². The molecule has 1 rings (SSSR count). The predicted octanol–water partition coefficient (Wildman–Crippen LogP) is 3.50. The molecular weight excluding hydrogens is 234 g/mol. The lowest BCUT2D eigenvalue weighted by Crippen LogP contribution is -2.47. The van der Waals surface area contributed by atoms with Crippen molar-refractivity contribution in [3.05, 3.63) is 34.9 Å². The van der Waals surface area contributed by atoms with Crippen LogP contribution in [0.15, 0.2) is 18.2 Å². The Morgan fingerprint density at radius 3 is 2.05 bits per heavy atom. The van der Waals surface area contributed by atoms with Gasteiger partial charge in [-0.2, -0.15) is 0 Å². The highest BCUT2D eigenvalue weighted by atomic mass is 16.5. The molecule has 2 atom stereocenters. The lowest BCUT2D eigenvalue weighted by molar-refractivity contribution is -0.00927. The first kappa shape index (κ1) is 16.2. The van der Waals surface area contributed by atoms with Crippen molar-refractivity contribution in [3.8, 4) is 0 Å². The molecule has 0 fully saturated rings. The van der Waals surface area contributed by atoms with Crippen LogP contribution in [-0.4, -0.2) is 26.3 Å². The second-order valence-electron chi connectivity index (χ2n) is 6.49. The molecule has 2 unspecified atom stereocenters. The monoisotopic (exact) mass is 263 g/mol. The van der Waals surface area contributed by atoms with Gasteiger partial charge in [0.15, 0.2) is 0 Å². The average Bonchev–Trinajstić information content (AvgIpc) is 2.31. The number of nitrogens with one attached hydrogen (secondary N) is 1. The summed E-state index contributed by atoms with van der Waals surface area (Å²) in [4.78, 5) is 0. The van der Waals surface area contributed by atoms with Gasteiger partial charge in [0, 0.05) is 13.2 Å². The molecule has 0 bridgehead atoms. The molecule has 0 radical (unpaired) electrons. The number of aryl methyl sites for hydroxylation is 2. The van der Waals surface area contributed by atoms with E-state index in [2.05, 4.69) is 58.1 Å². The van der Waals surface area contributed by atoms with Crippen LogP contribution < -0.4 is 5.32 Å². The molecule has 0 aromatic heterocycles. The number of ether oxygens (including phenoxy) is 1. The molecule has 0 spiro atoms. The van der Waals surface area contributed by atoms with Crippen LogP contribution in [0.3, 0.4) is 0 Å². The zero-order valence-electron chi connectivity index (χ0n) is 13.5. The van der Waals surface area contributed by atoms with Gasteiger partial charge in [-0.3, -0.25) is 0 Å². The first-order chi connectivity index (χ1) is 8.81. The zero-order valence-corrected chi connectivity index (χ0v) is 13.5. The topological polar surface area (TPSA) is 21.3 Å². The van der Waals surface area contributed by atoms with E-state index in [1.807, 2.05) is 14.2 Å². The van der Waals surface area contributed by atoms with E-state index in [0.29, 0.717) is 6.04 Å². The van der Waals surface area contributed by atoms with Gasteiger partial charge in [0.1, 0.15) is 0 Å². The molecule has 0 aliphatic carbocycles. The van der Waals surface area contributed by atoms with Crippen molar-refractivity contribution in [2.75, 3.05) is 14.2 Å². The summed E-state index contributed by atoms with van der Waals surface area (Å²) in [6, 6.07) is 6.83. The van der Waals surface area contributed by atoms with E-state index in [1.54, 1.807) is 0 Å². The van der Waals surface area contributed by atoms with Crippen molar-refractivity contribution in [2.45, 2.75) is 53.2 Å². The second-order valence-corrected chi connectivity index (χ2v) is 6.49. The van der Waals surface area contributed by atoms with E-state index in [0.717, 1.165) is 6.42 Å². The normalized spacial score (nSPS) is 15.3. The summed E-state index contributed by atoms with van der Waals surface area (Å²) in [5.74, 6) is 0. The van der Waals surface area contributed by atoms with Crippen molar-refractivity contribution in [2.24, 2.45) is 5.41 Å². The van der Waals surface area contributed by atoms with Crippen LogP contribution >= 0.6 is 0 Å². The predicted molar refractivity (Wildman–Crippen MR) is 82.7 cm³/mol. The van der Waals surface area contributed by atoms with E-state index in [1.165, 1.54) is 16.7 Å². The van der Waals surface area contributed by atoms with E-state index < -0.39 is 0 Å². The SMILES string of the molecule is CNC(Cc1c(C)cccc1C)C(OC)C(C)(C)C. The molecule has 1 aromatic carbocycles. The van der Waals surface area contributed by atoms with E-state index in [9.17, 15) is 0 Å². The van der Waals surface area contributed by atoms with Crippen LogP contribution in [0.5, 0.6) is 0 Å². The third kappa shape index (κ3) is 4.05. The minimum absolute atomic E-state index is 0.124. The van der Waals surface area contributed by atoms with Crippen molar-refractivity contribution in [1.29, 1.82) is 0 Å². The molecule has 0 amide bonds. The van der Waals surface area contributed by atoms with Crippen molar-refractivity contribution < 1.29 is 4.74 Å². The van der Waals surface area contributed by atoms with E-state index in [4.69, 9.17) is 4.74 Å². The molecule has 0 saturated heterocycles. The van der Waals surface area contributed by atoms with Gasteiger partial charge in [-0.25, -0.2) is 0 Å². The fourth-order valence-electron chi connectivity index (χ4n) is 2.87. The Bertz CT molecular complexity index is 386. The molecular formula is C17H29NO. The van der Waals surface area contributed by atoms with Crippen LogP contribution in [0.2, 0.25) is 0 Å². The number of methoxy groups -OCH3 is 1. The van der Waals surface area contributed by atoms with E-state index in [-0.39, 0.29) is 11.5 Å². The van der Waals surface area contributed by atoms with Gasteiger partial charge in [-0.1, -0.05) is 39.0 Å². The number of hydrogen-bond donors (Lipinski definition) is 1. The third-order valence-electron chi connectivity index (χ3n) is 3.91. The highest BCUT2D eigenvalue weighted by Gasteiger charge is 2.31. The molecule has 2 heteroatoms. The van der Waals surface area contributed by atoms with Gasteiger partial charge in [0.05, 0.1) is 6.10 Å². The fraction of sp³-hybridized carbons (Fsp3) is 0.647. The van der Waals surface area contributed by atoms with Gasteiger partial charge < -0.3 is 10.1 Å². The van der Waals surface area contributed by atoms with Crippen molar-refractivity contribution in [1.82, 2.24) is 5.32 Å². The molecule has 0 saturated carbocycles. The number of benzene rings is 1. The fourth-order valence-corrected chi connectivity index (χ4v) is 2.87. The zero-order chi connectivity index (χ0) is 14.6. The summed E-state index contributed by atoms with van der Waals surface area (Å²) >= 11 is 0. The average molecular weight is 263 g/mol. The van der Waals surface area contributed by atoms with Crippen LogP contribution in [-0.2, 0) is 11.2 Å². The Hall–Kier alpha value is -0.860. The molecule has 1 N–H and O–H groups in total. The Balaban J connectivity index is 2.99. The highest BCUT2D eigenvalue weighted by molar-refractivity contribution is 5.34. The summed E-state index contributed by atoms with van der Waals surface area (Å²) in [5, 5.41) is 3.44. The number of rotatable bonds is 5. The first-order valence-electron chi connectivity index (χ1n) is 7.06. The molecule has 0 aliphatic heterocycles. The molecule has 108 valence electrons. The van der Waals surface area contributed by atoms with Gasteiger partial charge in [0.2, 0.25) is 0 Å². The molecule has 1 aromatic rings. The van der Waals surface area contributed by atoms with E-state index >= 15 is 0 Å². The summed E-state index contributed by atoms with van der Waals surface area (Å²) in [5.41, 5.74) is 4.29. The molecule has 2 nitrogen and oxygen atoms in total. The maximum atomic E-state index is 5.76. The third-order valence-corrected chi connectivity index (χ3v) is 3.91. The van der Waals surface area contributed by atoms with Crippen LogP contribution in [0.1, 0.15) is 37.5 Å². The Morgan fingerprint density at radius 1 is 1.16 bits per heavy atom. The van der Waals surface area contributed by atoms with Gasteiger partial charge in [-0.05, 0) is 49.4 Å². The molecule has 19 heavy (non-hydrogen) atoms. The smallest absolute Gasteiger partial charge is 0.0775 e. The largest absolute Gasteiger partial charge is 0.379 e. The Labute approximate surface area is 118 Å². The Kier molecular flexibility index (Phi) is 5.57. The van der Waals surface area contributed by atoms with Gasteiger partial charge in [0.25, 0.3) is 0 Å². The maximum absolute atomic E-state index is 5.76. The number of likely N-dealkylation sites (N-methyl/N-ethyl adjacent to an activating group) is 1. The minimum atomic E-state index is 0.124. The van der Waals surface area contributed by atoms with Gasteiger partial charge in [-0.15, -0.1) is 0 Å². The Morgan fingerprint density at radius 2 is 1.68 bits per heavy atom. The summed E-state index contributed by atoms with van der Waals surface area (Å²) in [6.07, 6.45) is 1.20. The summed E-state index contributed by atoms with van der Waals surface area (Å²) < 4.78 is 5.76. The minimum Gasteiger partial charge on any atom is -0.379 e. The summed E-state index contributed by atoms with van der Waals surface area (Å²) in [6.45, 7) is 11.1. The molecule has 0 aliphatic rings. The maximum Gasteiger partial charge on any atom is 0.0775 e. The second kappa shape index (κ2) is 6.53. The van der Waals surface area contributed by atoms with Crippen molar-refractivity contribution in [3.63, 3.8) is 0 Å². The lowest BCUT2D eigenvalue weighted by Gasteiger charge is -2.36. The van der Waals surface area contributed by atoms with Gasteiger partial charge >= 0.3 is 0 Å². The first-order valence-corrected chi connectivity index (χ1v) is 7.06. The highest BCUT2D eigenvalue weighted by Crippen LogP contribution is 2.27. The van der Waals surface area contributed by atoms with Crippen LogP contribution in [0.4, 0.5) is 0 Å². The van der Waals surface area contributed by atoms with Crippen LogP contribution in [0, 0.1) is 19.3 Å². The molecule has 0 heterocycles. The summed E-state index contributed by atoms with van der Waals surface area (Å²) in [7, 11) is 3.83. The lowest BCUT2D eigenvalue weighted by atomic mass is 9.81. The van der Waals surface area contributed by atoms with Crippen LogP contribution in [0.25, 0.3) is 0 Å². The standard InChI is InChI=1S/C17H29NO/c1-12-9-8-10-13(2)14(12)11-15(18-6)16(19-7)17(3,4)5/h8-10,15-16,18H,11H2,1-7H3. The quantitative estimate of drug-likeness (QED) is 0.878. The number of hydrogen-bond acceptors (Lipinski definition) is 2.